The molecule has 1 saturated carbocycles. The molecule has 0 aromatic carbocycles. The van der Waals surface area contributed by atoms with Crippen molar-refractivity contribution in [3.05, 3.63) is 0 Å². The molecule has 7 heteroatoms. The Morgan fingerprint density at radius 2 is 2.33 bits per heavy atom. The van der Waals surface area contributed by atoms with E-state index in [2.05, 4.69) is 10.4 Å². The average molecular weight is 297 g/mol. The van der Waals surface area contributed by atoms with E-state index in [0.29, 0.717) is 18.6 Å². The molecule has 0 amide bonds. The first kappa shape index (κ1) is 14.7. The van der Waals surface area contributed by atoms with E-state index in [1.807, 2.05) is 0 Å². The number of esters is 1. The Bertz CT molecular complexity index is 413. The SMILES string of the molecule is CCOC(=O)C1C=NN2C(OCCO)CC(C3CC3)NC12. The highest BCUT2D eigenvalue weighted by Gasteiger charge is 2.48. The van der Waals surface area contributed by atoms with Gasteiger partial charge in [-0.3, -0.25) is 15.1 Å². The summed E-state index contributed by atoms with van der Waals surface area (Å²) in [5.41, 5.74) is 0. The Kier molecular flexibility index (Phi) is 4.42. The molecule has 1 aliphatic carbocycles. The van der Waals surface area contributed by atoms with Crippen LogP contribution < -0.4 is 5.32 Å². The van der Waals surface area contributed by atoms with E-state index >= 15 is 0 Å². The van der Waals surface area contributed by atoms with Gasteiger partial charge in [0, 0.05) is 18.7 Å². The molecule has 0 aromatic heterocycles. The van der Waals surface area contributed by atoms with Gasteiger partial charge < -0.3 is 14.6 Å². The number of hydrogen-bond donors (Lipinski definition) is 2. The van der Waals surface area contributed by atoms with Crippen LogP contribution in [-0.4, -0.2) is 60.6 Å². The minimum Gasteiger partial charge on any atom is -0.465 e. The van der Waals surface area contributed by atoms with Crippen molar-refractivity contribution in [3.63, 3.8) is 0 Å². The van der Waals surface area contributed by atoms with E-state index < -0.39 is 5.92 Å². The maximum absolute atomic E-state index is 12.1. The highest BCUT2D eigenvalue weighted by atomic mass is 16.5. The zero-order valence-electron chi connectivity index (χ0n) is 12.3. The topological polar surface area (TPSA) is 83.4 Å². The van der Waals surface area contributed by atoms with Gasteiger partial charge >= 0.3 is 5.97 Å². The molecule has 0 aromatic rings. The van der Waals surface area contributed by atoms with Crippen LogP contribution in [0.15, 0.2) is 5.10 Å². The first-order chi connectivity index (χ1) is 10.2. The van der Waals surface area contributed by atoms with E-state index in [9.17, 15) is 4.79 Å². The summed E-state index contributed by atoms with van der Waals surface area (Å²) in [5, 5.41) is 18.6. The van der Waals surface area contributed by atoms with Gasteiger partial charge in [-0.25, -0.2) is 0 Å². The summed E-state index contributed by atoms with van der Waals surface area (Å²) in [7, 11) is 0. The van der Waals surface area contributed by atoms with Gasteiger partial charge in [0.05, 0.1) is 19.8 Å². The molecular weight excluding hydrogens is 274 g/mol. The van der Waals surface area contributed by atoms with E-state index in [-0.39, 0.29) is 31.6 Å². The second kappa shape index (κ2) is 6.29. The second-order valence-electron chi connectivity index (χ2n) is 5.76. The standard InChI is InChI=1S/C14H23N3O4/c1-2-20-14(19)10-8-15-17-12(21-6-5-18)7-11(9-3-4-9)16-13(10)17/h8-13,16,18H,2-7H2,1H3. The van der Waals surface area contributed by atoms with Crippen molar-refractivity contribution < 1.29 is 19.4 Å². The number of ether oxygens (including phenoxy) is 2. The molecule has 0 spiro atoms. The Morgan fingerprint density at radius 1 is 1.52 bits per heavy atom. The number of nitrogens with one attached hydrogen (secondary N) is 1. The molecule has 3 rings (SSSR count). The summed E-state index contributed by atoms with van der Waals surface area (Å²) in [5.74, 6) is 0.0150. The van der Waals surface area contributed by atoms with Crippen molar-refractivity contribution in [2.75, 3.05) is 19.8 Å². The zero-order valence-corrected chi connectivity index (χ0v) is 12.3. The quantitative estimate of drug-likeness (QED) is 0.666. The lowest BCUT2D eigenvalue weighted by atomic mass is 9.99. The number of nitrogens with zero attached hydrogens (tertiary/aromatic N) is 2. The third kappa shape index (κ3) is 3.04. The fourth-order valence-electron chi connectivity index (χ4n) is 3.10. The van der Waals surface area contributed by atoms with Gasteiger partial charge in [-0.2, -0.15) is 5.10 Å². The monoisotopic (exact) mass is 297 g/mol. The van der Waals surface area contributed by atoms with Crippen molar-refractivity contribution >= 4 is 12.2 Å². The number of aliphatic hydroxyl groups is 1. The summed E-state index contributed by atoms with van der Waals surface area (Å²) < 4.78 is 10.8. The molecule has 1 saturated heterocycles. The summed E-state index contributed by atoms with van der Waals surface area (Å²) in [6.07, 6.45) is 4.52. The van der Waals surface area contributed by atoms with E-state index in [1.165, 1.54) is 12.8 Å². The number of hydrazone groups is 1. The molecule has 2 aliphatic heterocycles. The van der Waals surface area contributed by atoms with Gasteiger partial charge in [0.2, 0.25) is 0 Å². The average Bonchev–Trinajstić information content (AvgIpc) is 3.24. The van der Waals surface area contributed by atoms with Gasteiger partial charge in [-0.1, -0.05) is 0 Å². The number of fused-ring (bicyclic) bond motifs is 1. The van der Waals surface area contributed by atoms with Crippen LogP contribution in [0.3, 0.4) is 0 Å². The van der Waals surface area contributed by atoms with E-state index in [0.717, 1.165) is 6.42 Å². The number of carbonyl (C=O) groups is 1. The summed E-state index contributed by atoms with van der Waals surface area (Å²) in [6.45, 7) is 2.44. The highest BCUT2D eigenvalue weighted by Crippen LogP contribution is 2.39. The molecule has 2 heterocycles. The molecule has 4 unspecified atom stereocenters. The van der Waals surface area contributed by atoms with Crippen LogP contribution in [0.4, 0.5) is 0 Å². The fourth-order valence-corrected chi connectivity index (χ4v) is 3.10. The predicted octanol–water partition coefficient (Wildman–Crippen LogP) is -0.0999. The van der Waals surface area contributed by atoms with Crippen molar-refractivity contribution in [1.82, 2.24) is 10.3 Å². The molecule has 7 nitrogen and oxygen atoms in total. The van der Waals surface area contributed by atoms with Crippen LogP contribution in [0.2, 0.25) is 0 Å². The molecule has 21 heavy (non-hydrogen) atoms. The van der Waals surface area contributed by atoms with Crippen molar-refractivity contribution in [3.8, 4) is 0 Å². The Labute approximate surface area is 124 Å². The molecule has 2 N–H and O–H groups in total. The van der Waals surface area contributed by atoms with Gasteiger partial charge in [-0.15, -0.1) is 0 Å². The van der Waals surface area contributed by atoms with Gasteiger partial charge in [0.1, 0.15) is 18.3 Å². The first-order valence-electron chi connectivity index (χ1n) is 7.72. The van der Waals surface area contributed by atoms with E-state index in [1.54, 1.807) is 18.1 Å². The van der Waals surface area contributed by atoms with Crippen LogP contribution in [0.25, 0.3) is 0 Å². The van der Waals surface area contributed by atoms with Crippen molar-refractivity contribution in [2.45, 2.75) is 44.6 Å². The summed E-state index contributed by atoms with van der Waals surface area (Å²) in [6, 6.07) is 0.341. The lowest BCUT2D eigenvalue weighted by Crippen LogP contribution is -2.61. The predicted molar refractivity (Wildman–Crippen MR) is 75.3 cm³/mol. The molecule has 0 bridgehead atoms. The Hall–Kier alpha value is -1.18. The molecule has 118 valence electrons. The zero-order chi connectivity index (χ0) is 14.8. The molecular formula is C14H23N3O4. The fraction of sp³-hybridized carbons (Fsp3) is 0.857. The largest absolute Gasteiger partial charge is 0.465 e. The smallest absolute Gasteiger partial charge is 0.318 e. The summed E-state index contributed by atoms with van der Waals surface area (Å²) >= 11 is 0. The number of aliphatic hydroxyl groups excluding tert-OH is 1. The minimum absolute atomic E-state index is 0.0124. The van der Waals surface area contributed by atoms with Crippen molar-refractivity contribution in [1.29, 1.82) is 0 Å². The third-order valence-corrected chi connectivity index (χ3v) is 4.27. The van der Waals surface area contributed by atoms with Gasteiger partial charge in [0.25, 0.3) is 0 Å². The van der Waals surface area contributed by atoms with Crippen molar-refractivity contribution in [2.24, 2.45) is 16.9 Å². The minimum atomic E-state index is -0.397. The molecule has 4 atom stereocenters. The lowest BCUT2D eigenvalue weighted by molar-refractivity contribution is -0.155. The maximum atomic E-state index is 12.1. The van der Waals surface area contributed by atoms with Gasteiger partial charge in [-0.05, 0) is 25.7 Å². The third-order valence-electron chi connectivity index (χ3n) is 4.27. The Balaban J connectivity index is 1.71. The van der Waals surface area contributed by atoms with E-state index in [4.69, 9.17) is 14.6 Å². The van der Waals surface area contributed by atoms with Crippen LogP contribution in [0.5, 0.6) is 0 Å². The van der Waals surface area contributed by atoms with Gasteiger partial charge in [0.15, 0.2) is 0 Å². The number of rotatable bonds is 6. The second-order valence-corrected chi connectivity index (χ2v) is 5.76. The first-order valence-corrected chi connectivity index (χ1v) is 7.72. The maximum Gasteiger partial charge on any atom is 0.318 e. The number of hydrogen-bond acceptors (Lipinski definition) is 7. The molecule has 3 aliphatic rings. The lowest BCUT2D eigenvalue weighted by Gasteiger charge is -2.42. The van der Waals surface area contributed by atoms with Crippen LogP contribution >= 0.6 is 0 Å². The Morgan fingerprint density at radius 3 is 3.00 bits per heavy atom. The van der Waals surface area contributed by atoms with Crippen LogP contribution in [-0.2, 0) is 14.3 Å². The molecule has 0 radical (unpaired) electrons. The van der Waals surface area contributed by atoms with Crippen LogP contribution in [0.1, 0.15) is 26.2 Å². The number of carbonyl (C=O) groups excluding carboxylic acids is 1. The van der Waals surface area contributed by atoms with Crippen LogP contribution in [0, 0.1) is 11.8 Å². The molecule has 2 fully saturated rings. The normalized spacial score (nSPS) is 34.9. The summed E-state index contributed by atoms with van der Waals surface area (Å²) in [4.78, 5) is 12.1. The highest BCUT2D eigenvalue weighted by molar-refractivity contribution is 5.91.